The van der Waals surface area contributed by atoms with Gasteiger partial charge in [-0.05, 0) is 54.4 Å². The van der Waals surface area contributed by atoms with E-state index in [2.05, 4.69) is 10.0 Å². The molecule has 34 heavy (non-hydrogen) atoms. The topological polar surface area (TPSA) is 93.7 Å². The monoisotopic (exact) mass is 522 g/mol. The lowest BCUT2D eigenvalue weighted by atomic mass is 10.2. The van der Waals surface area contributed by atoms with Crippen LogP contribution in [0.4, 0.5) is 5.69 Å². The molecule has 2 N–H and O–H groups in total. The number of para-hydroxylation sites is 1. The zero-order valence-electron chi connectivity index (χ0n) is 18.5. The summed E-state index contributed by atoms with van der Waals surface area (Å²) in [5.74, 6) is 0.856. The number of benzene rings is 3. The van der Waals surface area contributed by atoms with Crippen LogP contribution in [-0.2, 0) is 14.8 Å². The molecule has 0 aliphatic rings. The molecule has 0 spiro atoms. The second kappa shape index (κ2) is 11.6. The van der Waals surface area contributed by atoms with E-state index in [-0.39, 0.29) is 28.2 Å². The number of sulfonamides is 1. The third kappa shape index (κ3) is 7.36. The van der Waals surface area contributed by atoms with Gasteiger partial charge in [-0.25, -0.2) is 13.1 Å². The first-order chi connectivity index (χ1) is 16.1. The maximum atomic E-state index is 12.5. The second-order valence-electron chi connectivity index (χ2n) is 7.73. The van der Waals surface area contributed by atoms with Gasteiger partial charge < -0.3 is 14.8 Å². The summed E-state index contributed by atoms with van der Waals surface area (Å²) in [6.45, 7) is 3.74. The molecule has 0 aromatic heterocycles. The molecule has 3 rings (SSSR count). The van der Waals surface area contributed by atoms with Gasteiger partial charge in [-0.15, -0.1) is 0 Å². The van der Waals surface area contributed by atoms with Crippen molar-refractivity contribution >= 4 is 44.8 Å². The summed E-state index contributed by atoms with van der Waals surface area (Å²) in [4.78, 5) is 12.5. The molecule has 0 aliphatic carbocycles. The Balaban J connectivity index is 1.65. The first kappa shape index (κ1) is 25.8. The van der Waals surface area contributed by atoms with E-state index in [9.17, 15) is 13.2 Å². The first-order valence-corrected chi connectivity index (χ1v) is 12.6. The van der Waals surface area contributed by atoms with Gasteiger partial charge in [-0.3, -0.25) is 4.79 Å². The Bertz CT molecular complexity index is 1250. The van der Waals surface area contributed by atoms with Crippen LogP contribution in [0.5, 0.6) is 17.2 Å². The standard InChI is InChI=1S/C24H24Cl2N2O5S/c1-16(2)14-27-34(30,31)19-9-11-22(20(26)13-19)32-15-24(29)28-21-12-17(25)8-10-23(21)33-18-6-4-3-5-7-18/h3-13,16,27H,14-15H2,1-2H3,(H,28,29). The molecule has 0 atom stereocenters. The predicted octanol–water partition coefficient (Wildman–Crippen LogP) is 5.74. The fourth-order valence-electron chi connectivity index (χ4n) is 2.76. The average Bonchev–Trinajstić information content (AvgIpc) is 2.79. The molecule has 0 saturated heterocycles. The minimum atomic E-state index is -3.70. The number of hydrogen-bond acceptors (Lipinski definition) is 5. The van der Waals surface area contributed by atoms with Crippen molar-refractivity contribution in [1.82, 2.24) is 4.72 Å². The number of nitrogens with one attached hydrogen (secondary N) is 2. The van der Waals surface area contributed by atoms with Crippen LogP contribution >= 0.6 is 23.2 Å². The second-order valence-corrected chi connectivity index (χ2v) is 10.3. The van der Waals surface area contributed by atoms with Crippen molar-refractivity contribution in [2.45, 2.75) is 18.7 Å². The van der Waals surface area contributed by atoms with Crippen LogP contribution in [0.25, 0.3) is 0 Å². The predicted molar refractivity (Wildman–Crippen MR) is 134 cm³/mol. The summed E-state index contributed by atoms with van der Waals surface area (Å²) in [6, 6.07) is 18.0. The molecule has 0 unspecified atom stereocenters. The van der Waals surface area contributed by atoms with Crippen molar-refractivity contribution in [3.8, 4) is 17.2 Å². The van der Waals surface area contributed by atoms with Gasteiger partial charge in [0.1, 0.15) is 11.5 Å². The van der Waals surface area contributed by atoms with Crippen LogP contribution in [-0.4, -0.2) is 27.5 Å². The molecule has 0 bridgehead atoms. The number of ether oxygens (including phenoxy) is 2. The van der Waals surface area contributed by atoms with Crippen LogP contribution in [0.1, 0.15) is 13.8 Å². The Morgan fingerprint density at radius 1 is 0.971 bits per heavy atom. The van der Waals surface area contributed by atoms with Crippen LogP contribution < -0.4 is 19.5 Å². The summed E-state index contributed by atoms with van der Waals surface area (Å²) < 4.78 is 38.6. The molecule has 1 amide bonds. The molecule has 10 heteroatoms. The van der Waals surface area contributed by atoms with Gasteiger partial charge in [-0.2, -0.15) is 0 Å². The van der Waals surface area contributed by atoms with E-state index in [1.165, 1.54) is 18.2 Å². The van der Waals surface area contributed by atoms with Crippen LogP contribution in [0.2, 0.25) is 10.0 Å². The van der Waals surface area contributed by atoms with Crippen LogP contribution in [0.15, 0.2) is 71.6 Å². The Hall–Kier alpha value is -2.78. The van der Waals surface area contributed by atoms with Gasteiger partial charge in [0.2, 0.25) is 10.0 Å². The lowest BCUT2D eigenvalue weighted by Gasteiger charge is -2.14. The molecule has 0 radical (unpaired) electrons. The first-order valence-electron chi connectivity index (χ1n) is 10.4. The minimum Gasteiger partial charge on any atom is -0.482 e. The highest BCUT2D eigenvalue weighted by atomic mass is 35.5. The highest BCUT2D eigenvalue weighted by Gasteiger charge is 2.17. The molecule has 7 nitrogen and oxygen atoms in total. The Morgan fingerprint density at radius 2 is 1.68 bits per heavy atom. The van der Waals surface area contributed by atoms with Crippen molar-refractivity contribution in [1.29, 1.82) is 0 Å². The largest absolute Gasteiger partial charge is 0.482 e. The maximum absolute atomic E-state index is 12.5. The summed E-state index contributed by atoms with van der Waals surface area (Å²) in [5, 5.41) is 3.19. The van der Waals surface area contributed by atoms with E-state index in [4.69, 9.17) is 32.7 Å². The van der Waals surface area contributed by atoms with E-state index in [0.717, 1.165) is 0 Å². The van der Waals surface area contributed by atoms with E-state index >= 15 is 0 Å². The van der Waals surface area contributed by atoms with E-state index in [1.807, 2.05) is 32.0 Å². The van der Waals surface area contributed by atoms with E-state index < -0.39 is 15.9 Å². The Kier molecular flexibility index (Phi) is 8.79. The lowest BCUT2D eigenvalue weighted by Crippen LogP contribution is -2.27. The van der Waals surface area contributed by atoms with Gasteiger partial charge in [0.25, 0.3) is 5.91 Å². The van der Waals surface area contributed by atoms with E-state index in [0.29, 0.717) is 28.8 Å². The molecule has 180 valence electrons. The molecule has 0 aliphatic heterocycles. The molecule has 3 aromatic carbocycles. The molecule has 0 fully saturated rings. The van der Waals surface area contributed by atoms with Crippen molar-refractivity contribution < 1.29 is 22.7 Å². The number of anilines is 1. The van der Waals surface area contributed by atoms with Crippen molar-refractivity contribution in [2.75, 3.05) is 18.5 Å². The Morgan fingerprint density at radius 3 is 2.35 bits per heavy atom. The summed E-state index contributed by atoms with van der Waals surface area (Å²) in [6.07, 6.45) is 0. The van der Waals surface area contributed by atoms with Gasteiger partial charge in [0.15, 0.2) is 12.4 Å². The molecule has 0 heterocycles. The SMILES string of the molecule is CC(C)CNS(=O)(=O)c1ccc(OCC(=O)Nc2cc(Cl)ccc2Oc2ccccc2)c(Cl)c1. The van der Waals surface area contributed by atoms with Gasteiger partial charge in [0, 0.05) is 11.6 Å². The molecular weight excluding hydrogens is 499 g/mol. The maximum Gasteiger partial charge on any atom is 0.262 e. The highest BCUT2D eigenvalue weighted by molar-refractivity contribution is 7.89. The number of rotatable bonds is 10. The van der Waals surface area contributed by atoms with Gasteiger partial charge in [0.05, 0.1) is 15.6 Å². The Labute approximate surface area is 209 Å². The summed E-state index contributed by atoms with van der Waals surface area (Å²) in [7, 11) is -3.70. The fourth-order valence-corrected chi connectivity index (χ4v) is 4.47. The van der Waals surface area contributed by atoms with Crippen molar-refractivity contribution in [3.05, 3.63) is 76.8 Å². The van der Waals surface area contributed by atoms with Crippen LogP contribution in [0.3, 0.4) is 0 Å². The van der Waals surface area contributed by atoms with Gasteiger partial charge >= 0.3 is 0 Å². The zero-order chi connectivity index (χ0) is 24.7. The number of amides is 1. The number of carbonyl (C=O) groups excluding carboxylic acids is 1. The van der Waals surface area contributed by atoms with Crippen molar-refractivity contribution in [3.63, 3.8) is 0 Å². The normalized spacial score (nSPS) is 11.3. The van der Waals surface area contributed by atoms with Crippen LogP contribution in [0, 0.1) is 5.92 Å². The van der Waals surface area contributed by atoms with E-state index in [1.54, 1.807) is 30.3 Å². The molecule has 3 aromatic rings. The number of halogens is 2. The summed E-state index contributed by atoms with van der Waals surface area (Å²) >= 11 is 12.3. The fraction of sp³-hybridized carbons (Fsp3) is 0.208. The minimum absolute atomic E-state index is 0.0107. The lowest BCUT2D eigenvalue weighted by molar-refractivity contribution is -0.118. The number of carbonyl (C=O) groups is 1. The third-order valence-corrected chi connectivity index (χ3v) is 6.39. The number of hydrogen-bond donors (Lipinski definition) is 2. The highest BCUT2D eigenvalue weighted by Crippen LogP contribution is 2.32. The molecule has 0 saturated carbocycles. The van der Waals surface area contributed by atoms with Crippen molar-refractivity contribution in [2.24, 2.45) is 5.92 Å². The molecular formula is C24H24Cl2N2O5S. The quantitative estimate of drug-likeness (QED) is 0.354. The van der Waals surface area contributed by atoms with Gasteiger partial charge in [-0.1, -0.05) is 55.2 Å². The third-order valence-electron chi connectivity index (χ3n) is 4.44. The average molecular weight is 523 g/mol. The summed E-state index contributed by atoms with van der Waals surface area (Å²) in [5.41, 5.74) is 0.369. The smallest absolute Gasteiger partial charge is 0.262 e. The zero-order valence-corrected chi connectivity index (χ0v) is 20.9.